The van der Waals surface area contributed by atoms with E-state index in [0.29, 0.717) is 6.54 Å². The van der Waals surface area contributed by atoms with E-state index in [4.69, 9.17) is 11.5 Å². The second-order valence-corrected chi connectivity index (χ2v) is 7.54. The van der Waals surface area contributed by atoms with E-state index in [1.807, 2.05) is 0 Å². The van der Waals surface area contributed by atoms with E-state index in [1.165, 1.54) is 49.8 Å². The number of unbranched alkanes of at least 4 members (excludes halogenated alkanes) is 7. The Morgan fingerprint density at radius 3 is 1.57 bits per heavy atom. The molecule has 0 spiro atoms. The zero-order valence-corrected chi connectivity index (χ0v) is 19.6. The second kappa shape index (κ2) is 19.8. The quantitative estimate of drug-likeness (QED) is 0.296. The van der Waals surface area contributed by atoms with Gasteiger partial charge in [0, 0.05) is 25.2 Å². The molecule has 4 N–H and O–H groups in total. The minimum absolute atomic E-state index is 0. The average molecular weight is 581 g/mol. The molecule has 8 heteroatoms. The van der Waals surface area contributed by atoms with Gasteiger partial charge in [-0.25, -0.2) is 0 Å². The van der Waals surface area contributed by atoms with Gasteiger partial charge in [-0.2, -0.15) is 0 Å². The molecule has 1 aliphatic rings. The predicted molar refractivity (Wildman–Crippen MR) is 103 cm³/mol. The normalized spacial score (nSPS) is 18.7. The molecular weight excluding hydrogens is 541 g/mol. The summed E-state index contributed by atoms with van der Waals surface area (Å²) >= 11 is 0. The molecule has 0 saturated heterocycles. The van der Waals surface area contributed by atoms with Gasteiger partial charge in [0.05, 0.1) is 11.9 Å². The van der Waals surface area contributed by atoms with Gasteiger partial charge in [0.25, 0.3) is 0 Å². The molecule has 2 unspecified atom stereocenters. The van der Waals surface area contributed by atoms with Crippen molar-refractivity contribution in [1.82, 2.24) is 4.90 Å². The van der Waals surface area contributed by atoms with Gasteiger partial charge in [-0.05, 0) is 25.8 Å². The molecule has 2 atom stereocenters. The summed E-state index contributed by atoms with van der Waals surface area (Å²) in [5, 5.41) is 20.9. The molecule has 1 rings (SSSR count). The molecule has 0 amide bonds. The summed E-state index contributed by atoms with van der Waals surface area (Å²) in [6.07, 6.45) is 14.0. The van der Waals surface area contributed by atoms with Crippen molar-refractivity contribution >= 4 is 11.9 Å². The maximum absolute atomic E-state index is 10.5. The van der Waals surface area contributed by atoms with Gasteiger partial charge in [0.2, 0.25) is 0 Å². The Bertz CT molecular complexity index is 374. The Balaban J connectivity index is 0. The molecule has 0 radical (unpaired) electrons. The summed E-state index contributed by atoms with van der Waals surface area (Å²) in [6, 6.07) is 0.562. The van der Waals surface area contributed by atoms with Gasteiger partial charge in [-0.3, -0.25) is 4.90 Å². The Morgan fingerprint density at radius 2 is 1.21 bits per heavy atom. The van der Waals surface area contributed by atoms with E-state index >= 15 is 0 Å². The van der Waals surface area contributed by atoms with Crippen molar-refractivity contribution in [3.05, 3.63) is 0 Å². The fourth-order valence-corrected chi connectivity index (χ4v) is 3.24. The van der Waals surface area contributed by atoms with E-state index in [-0.39, 0.29) is 46.2 Å². The number of carbonyl (C=O) groups excluding carboxylic acids is 2. The fourth-order valence-electron chi connectivity index (χ4n) is 3.24. The summed E-state index contributed by atoms with van der Waals surface area (Å²) in [6.45, 7) is 1.97. The number of aliphatic carboxylic acids is 2. The first-order valence-electron chi connectivity index (χ1n) is 10.5. The Morgan fingerprint density at radius 1 is 0.821 bits per heavy atom. The molecule has 168 valence electrons. The summed E-state index contributed by atoms with van der Waals surface area (Å²) < 4.78 is 0. The van der Waals surface area contributed by atoms with Gasteiger partial charge < -0.3 is 31.3 Å². The van der Waals surface area contributed by atoms with Crippen LogP contribution in [0.5, 0.6) is 0 Å². The molecular formula is C20H39N3O4Pt. The number of nitrogens with zero attached hydrogens (tertiary/aromatic N) is 1. The molecule has 28 heavy (non-hydrogen) atoms. The molecule has 0 aromatic carbocycles. The van der Waals surface area contributed by atoms with Gasteiger partial charge in [-0.15, -0.1) is 0 Å². The average Bonchev–Trinajstić information content (AvgIpc) is 2.59. The van der Waals surface area contributed by atoms with Crippen molar-refractivity contribution < 1.29 is 40.9 Å². The zero-order valence-electron chi connectivity index (χ0n) is 17.3. The van der Waals surface area contributed by atoms with E-state index in [0.717, 1.165) is 32.1 Å². The monoisotopic (exact) mass is 580 g/mol. The Labute approximate surface area is 184 Å². The van der Waals surface area contributed by atoms with Crippen LogP contribution in [0, 0.1) is 0 Å². The summed E-state index contributed by atoms with van der Waals surface area (Å²) in [7, 11) is 0. The van der Waals surface area contributed by atoms with E-state index in [2.05, 4.69) is 6.92 Å². The van der Waals surface area contributed by atoms with Crippen LogP contribution in [-0.2, 0) is 30.7 Å². The fraction of sp³-hybridized carbons (Fsp3) is 0.900. The van der Waals surface area contributed by atoms with Crippen molar-refractivity contribution in [2.24, 2.45) is 11.5 Å². The first-order chi connectivity index (χ1) is 12.9. The Hall–Kier alpha value is -0.492. The molecule has 1 saturated carbocycles. The van der Waals surface area contributed by atoms with E-state index in [9.17, 15) is 19.8 Å². The molecule has 0 aromatic rings. The van der Waals surface area contributed by atoms with Crippen molar-refractivity contribution in [1.29, 1.82) is 0 Å². The number of carboxylic acid groups (broad SMARTS) is 2. The van der Waals surface area contributed by atoms with Crippen LogP contribution in [0.3, 0.4) is 0 Å². The van der Waals surface area contributed by atoms with Crippen LogP contribution >= 0.6 is 0 Å². The molecule has 0 aromatic heterocycles. The molecule has 1 aliphatic carbocycles. The van der Waals surface area contributed by atoms with Crippen LogP contribution in [0.1, 0.15) is 84.0 Å². The van der Waals surface area contributed by atoms with Crippen LogP contribution in [-0.4, -0.2) is 48.6 Å². The van der Waals surface area contributed by atoms with Crippen molar-refractivity contribution in [2.45, 2.75) is 96.1 Å². The summed E-state index contributed by atoms with van der Waals surface area (Å²) in [5.41, 5.74) is 11.3. The second-order valence-electron chi connectivity index (χ2n) is 7.54. The third kappa shape index (κ3) is 18.9. The van der Waals surface area contributed by atoms with Gasteiger partial charge in [0.15, 0.2) is 0 Å². The topological polar surface area (TPSA) is 136 Å². The maximum atomic E-state index is 10.5. The van der Waals surface area contributed by atoms with Crippen LogP contribution in [0.2, 0.25) is 0 Å². The van der Waals surface area contributed by atoms with Crippen molar-refractivity contribution in [3.63, 3.8) is 0 Å². The van der Waals surface area contributed by atoms with Crippen molar-refractivity contribution in [2.75, 3.05) is 19.6 Å². The van der Waals surface area contributed by atoms with Crippen LogP contribution in [0.4, 0.5) is 0 Å². The summed E-state index contributed by atoms with van der Waals surface area (Å²) in [5.74, 6) is -2.50. The molecule has 0 aliphatic heterocycles. The Kier molecular flexibility index (Phi) is 21.0. The van der Waals surface area contributed by atoms with E-state index < -0.39 is 11.9 Å². The molecule has 0 bridgehead atoms. The first kappa shape index (κ1) is 29.7. The largest absolute Gasteiger partial charge is 2.00 e. The molecule has 1 fully saturated rings. The number of hydrogen-bond donors (Lipinski definition) is 2. The van der Waals surface area contributed by atoms with Gasteiger partial charge in [0.1, 0.15) is 0 Å². The van der Waals surface area contributed by atoms with Crippen LogP contribution in [0.25, 0.3) is 0 Å². The number of nitrogens with two attached hydrogens (primary N) is 2. The number of carboxylic acids is 2. The third-order valence-corrected chi connectivity index (χ3v) is 4.91. The molecule has 0 heterocycles. The number of rotatable bonds is 13. The van der Waals surface area contributed by atoms with Crippen LogP contribution in [0.15, 0.2) is 0 Å². The standard InChI is InChI=1S/C14H27NO4.C6H14N2.Pt/c1-2-3-4-5-6-7-8-9-10-15(11-13(16)17)12-14(18)19;7-5-3-1-2-4-6(5)8;/h2-12H2,1H3,(H,16,17)(H,18,19);5-6H,1-4,7-8H2;/q;;+2/p-2. The van der Waals surface area contributed by atoms with Gasteiger partial charge >= 0.3 is 21.1 Å². The molecule has 7 nitrogen and oxygen atoms in total. The minimum atomic E-state index is -1.25. The number of carbonyl (C=O) groups is 2. The third-order valence-electron chi connectivity index (χ3n) is 4.91. The van der Waals surface area contributed by atoms with E-state index in [1.54, 1.807) is 0 Å². The zero-order chi connectivity index (χ0) is 20.5. The van der Waals surface area contributed by atoms with Gasteiger partial charge in [-0.1, -0.05) is 64.7 Å². The summed E-state index contributed by atoms with van der Waals surface area (Å²) in [4.78, 5) is 22.3. The minimum Gasteiger partial charge on any atom is -0.549 e. The maximum Gasteiger partial charge on any atom is 2.00 e. The van der Waals surface area contributed by atoms with Crippen molar-refractivity contribution in [3.8, 4) is 0 Å². The predicted octanol–water partition coefficient (Wildman–Crippen LogP) is 0.141. The van der Waals surface area contributed by atoms with Crippen LogP contribution < -0.4 is 21.7 Å². The number of hydrogen-bond acceptors (Lipinski definition) is 7. The SMILES string of the molecule is CCCCCCCCCCN(CC(=O)[O-])CC(=O)[O-].NC1CCCCC1N.[Pt+2]. The smallest absolute Gasteiger partial charge is 0.549 e. The first-order valence-corrected chi connectivity index (χ1v) is 10.5.